The van der Waals surface area contributed by atoms with Crippen LogP contribution in [0.2, 0.25) is 0 Å². The minimum absolute atomic E-state index is 0.0731. The Labute approximate surface area is 82.6 Å². The predicted molar refractivity (Wildman–Crippen MR) is 52.0 cm³/mol. The summed E-state index contributed by atoms with van der Waals surface area (Å²) in [6.45, 7) is 0.578. The van der Waals surface area contributed by atoms with Crippen LogP contribution in [-0.2, 0) is 4.79 Å². The highest BCUT2D eigenvalue weighted by Crippen LogP contribution is 2.03. The van der Waals surface area contributed by atoms with Crippen LogP contribution in [0.3, 0.4) is 0 Å². The molecule has 0 aliphatic rings. The van der Waals surface area contributed by atoms with Gasteiger partial charge in [-0.2, -0.15) is 0 Å². The van der Waals surface area contributed by atoms with Gasteiger partial charge in [-0.05, 0) is 19.3 Å². The molecule has 82 valence electrons. The van der Waals surface area contributed by atoms with Crippen molar-refractivity contribution >= 4 is 11.9 Å². The summed E-state index contributed by atoms with van der Waals surface area (Å²) in [5.74, 6) is -1.06. The molecular weight excluding hydrogens is 186 g/mol. The maximum absolute atomic E-state index is 10.2. The van der Waals surface area contributed by atoms with Crippen LogP contribution in [0.25, 0.3) is 0 Å². The summed E-state index contributed by atoms with van der Waals surface area (Å²) in [5, 5.41) is 27.0. The van der Waals surface area contributed by atoms with Crippen LogP contribution in [0.15, 0.2) is 0 Å². The summed E-state index contributed by atoms with van der Waals surface area (Å²) in [5.41, 5.74) is 5.05. The number of rotatable bonds is 7. The second-order valence-electron chi connectivity index (χ2n) is 3.09. The molecule has 0 radical (unpaired) electrons. The number of guanidine groups is 1. The molecule has 0 aromatic heterocycles. The second kappa shape index (κ2) is 7.14. The van der Waals surface area contributed by atoms with E-state index >= 15 is 0 Å². The second-order valence-corrected chi connectivity index (χ2v) is 3.09. The molecule has 6 nitrogen and oxygen atoms in total. The van der Waals surface area contributed by atoms with E-state index in [-0.39, 0.29) is 12.4 Å². The van der Waals surface area contributed by atoms with Crippen molar-refractivity contribution < 1.29 is 15.0 Å². The van der Waals surface area contributed by atoms with E-state index in [1.165, 1.54) is 0 Å². The number of hydrogen-bond acceptors (Lipinski definition) is 3. The van der Waals surface area contributed by atoms with Crippen molar-refractivity contribution in [2.24, 2.45) is 5.73 Å². The van der Waals surface area contributed by atoms with Crippen LogP contribution in [0.1, 0.15) is 25.7 Å². The molecule has 0 aliphatic heterocycles. The molecule has 0 aromatic rings. The summed E-state index contributed by atoms with van der Waals surface area (Å²) in [7, 11) is 0. The highest BCUT2D eigenvalue weighted by Gasteiger charge is 2.08. The molecule has 0 spiro atoms. The van der Waals surface area contributed by atoms with Crippen LogP contribution < -0.4 is 11.1 Å². The van der Waals surface area contributed by atoms with Crippen molar-refractivity contribution in [1.29, 1.82) is 5.41 Å². The van der Waals surface area contributed by atoms with E-state index in [1.807, 2.05) is 0 Å². The summed E-state index contributed by atoms with van der Waals surface area (Å²) in [4.78, 5) is 10.2. The lowest BCUT2D eigenvalue weighted by Crippen LogP contribution is -2.31. The van der Waals surface area contributed by atoms with Crippen LogP contribution in [0.4, 0.5) is 0 Å². The molecule has 0 bridgehead atoms. The number of carbonyl (C=O) groups is 1. The highest BCUT2D eigenvalue weighted by atomic mass is 16.4. The Morgan fingerprint density at radius 3 is 2.64 bits per heavy atom. The third-order valence-corrected chi connectivity index (χ3v) is 1.69. The Morgan fingerprint density at radius 2 is 2.14 bits per heavy atom. The third kappa shape index (κ3) is 8.79. The number of carboxylic acid groups (broad SMARTS) is 1. The first kappa shape index (κ1) is 12.7. The van der Waals surface area contributed by atoms with E-state index in [2.05, 4.69) is 5.32 Å². The minimum atomic E-state index is -0.987. The van der Waals surface area contributed by atoms with Crippen molar-refractivity contribution in [3.8, 4) is 0 Å². The van der Waals surface area contributed by atoms with Crippen LogP contribution in [0, 0.1) is 5.41 Å². The first-order valence-electron chi connectivity index (χ1n) is 4.50. The molecule has 0 aromatic carbocycles. The zero-order valence-electron chi connectivity index (χ0n) is 7.99. The molecule has 14 heavy (non-hydrogen) atoms. The van der Waals surface area contributed by atoms with Gasteiger partial charge in [0, 0.05) is 6.54 Å². The Balaban J connectivity index is 3.27. The van der Waals surface area contributed by atoms with Gasteiger partial charge in [0.25, 0.3) is 0 Å². The average Bonchev–Trinajstić information content (AvgIpc) is 2.01. The molecule has 0 saturated heterocycles. The zero-order valence-corrected chi connectivity index (χ0v) is 7.99. The van der Waals surface area contributed by atoms with Crippen molar-refractivity contribution in [1.82, 2.24) is 5.32 Å². The first-order chi connectivity index (χ1) is 6.52. The van der Waals surface area contributed by atoms with Crippen molar-refractivity contribution in [2.75, 3.05) is 6.54 Å². The number of aliphatic hydroxyl groups is 1. The van der Waals surface area contributed by atoms with Crippen LogP contribution >= 0.6 is 0 Å². The molecule has 0 unspecified atom stereocenters. The largest absolute Gasteiger partial charge is 0.481 e. The van der Waals surface area contributed by atoms with Gasteiger partial charge in [0.1, 0.15) is 0 Å². The monoisotopic (exact) mass is 203 g/mol. The number of nitrogens with two attached hydrogens (primary N) is 1. The SMILES string of the molecule is N=C(N)NCCCC[C@H](O)CC(=O)O. The lowest BCUT2D eigenvalue weighted by molar-refractivity contribution is -0.139. The van der Waals surface area contributed by atoms with Gasteiger partial charge in [0.15, 0.2) is 5.96 Å². The predicted octanol–water partition coefficient (Wildman–Crippen LogP) is -0.525. The third-order valence-electron chi connectivity index (χ3n) is 1.69. The standard InChI is InChI=1S/C8H17N3O3/c9-8(10)11-4-2-1-3-6(12)5-7(13)14/h6,12H,1-5H2,(H,13,14)(H4,9,10,11)/t6-/m0/s1. The fraction of sp³-hybridized carbons (Fsp3) is 0.750. The quantitative estimate of drug-likeness (QED) is 0.216. The van der Waals surface area contributed by atoms with E-state index in [0.717, 1.165) is 6.42 Å². The molecule has 1 atom stereocenters. The van der Waals surface area contributed by atoms with Gasteiger partial charge in [-0.3, -0.25) is 10.2 Å². The fourth-order valence-electron chi connectivity index (χ4n) is 1.03. The topological polar surface area (TPSA) is 119 Å². The molecule has 6 heteroatoms. The fourth-order valence-corrected chi connectivity index (χ4v) is 1.03. The van der Waals surface area contributed by atoms with E-state index in [4.69, 9.17) is 21.4 Å². The number of unbranched alkanes of at least 4 members (excludes halogenated alkanes) is 1. The van der Waals surface area contributed by atoms with Gasteiger partial charge < -0.3 is 21.3 Å². The lowest BCUT2D eigenvalue weighted by Gasteiger charge is -2.07. The lowest BCUT2D eigenvalue weighted by atomic mass is 10.1. The smallest absolute Gasteiger partial charge is 0.305 e. The van der Waals surface area contributed by atoms with Crippen molar-refractivity contribution in [3.63, 3.8) is 0 Å². The molecule has 0 fully saturated rings. The molecule has 0 aliphatic carbocycles. The van der Waals surface area contributed by atoms with Crippen LogP contribution in [0.5, 0.6) is 0 Å². The number of carboxylic acids is 1. The summed E-state index contributed by atoms with van der Waals surface area (Å²) in [6.07, 6.45) is 0.960. The molecule has 0 saturated carbocycles. The van der Waals surface area contributed by atoms with Gasteiger partial charge in [0.2, 0.25) is 0 Å². The van der Waals surface area contributed by atoms with Crippen LogP contribution in [-0.4, -0.2) is 34.8 Å². The van der Waals surface area contributed by atoms with Gasteiger partial charge in [-0.15, -0.1) is 0 Å². The summed E-state index contributed by atoms with van der Waals surface area (Å²) >= 11 is 0. The maximum Gasteiger partial charge on any atom is 0.305 e. The summed E-state index contributed by atoms with van der Waals surface area (Å²) < 4.78 is 0. The van der Waals surface area contributed by atoms with Gasteiger partial charge >= 0.3 is 5.97 Å². The van der Waals surface area contributed by atoms with E-state index in [1.54, 1.807) is 0 Å². The molecule has 0 amide bonds. The summed E-state index contributed by atoms with van der Waals surface area (Å²) in [6, 6.07) is 0. The zero-order chi connectivity index (χ0) is 11.0. The highest BCUT2D eigenvalue weighted by molar-refractivity contribution is 5.74. The molecule has 6 N–H and O–H groups in total. The van der Waals surface area contributed by atoms with Crippen molar-refractivity contribution in [3.05, 3.63) is 0 Å². The van der Waals surface area contributed by atoms with Crippen molar-refractivity contribution in [2.45, 2.75) is 31.8 Å². The normalized spacial score (nSPS) is 12.1. The van der Waals surface area contributed by atoms with Gasteiger partial charge in [-0.1, -0.05) is 0 Å². The average molecular weight is 203 g/mol. The van der Waals surface area contributed by atoms with Gasteiger partial charge in [-0.25, -0.2) is 0 Å². The Morgan fingerprint density at radius 1 is 1.50 bits per heavy atom. The Bertz CT molecular complexity index is 196. The minimum Gasteiger partial charge on any atom is -0.481 e. The number of aliphatic hydroxyl groups excluding tert-OH is 1. The van der Waals surface area contributed by atoms with E-state index < -0.39 is 12.1 Å². The number of aliphatic carboxylic acids is 1. The Kier molecular flexibility index (Phi) is 6.47. The molecule has 0 rings (SSSR count). The number of nitrogens with one attached hydrogen (secondary N) is 2. The number of hydrogen-bond donors (Lipinski definition) is 5. The van der Waals surface area contributed by atoms with E-state index in [0.29, 0.717) is 19.4 Å². The van der Waals surface area contributed by atoms with Gasteiger partial charge in [0.05, 0.1) is 12.5 Å². The maximum atomic E-state index is 10.2. The Hall–Kier alpha value is -1.30. The molecule has 0 heterocycles. The first-order valence-corrected chi connectivity index (χ1v) is 4.50. The van der Waals surface area contributed by atoms with E-state index in [9.17, 15) is 4.79 Å². The molecular formula is C8H17N3O3.